The van der Waals surface area contributed by atoms with Crippen LogP contribution in [-0.2, 0) is 14.1 Å². The monoisotopic (exact) mass is 275 g/mol. The summed E-state index contributed by atoms with van der Waals surface area (Å²) in [6, 6.07) is 0. The summed E-state index contributed by atoms with van der Waals surface area (Å²) in [6.45, 7) is 12.8. The molecule has 0 unspecified atom stereocenters. The van der Waals surface area contributed by atoms with Gasteiger partial charge < -0.3 is 14.4 Å². The van der Waals surface area contributed by atoms with Gasteiger partial charge in [-0.25, -0.2) is 4.79 Å². The average molecular weight is 275 g/mol. The molecule has 0 radical (unpaired) electrons. The summed E-state index contributed by atoms with van der Waals surface area (Å²) in [7, 11) is -1.96. The molecule has 0 aliphatic heterocycles. The normalized spacial score (nSPS) is 13.6. The molecule has 0 spiro atoms. The van der Waals surface area contributed by atoms with Crippen molar-refractivity contribution in [1.82, 2.24) is 0 Å². The lowest BCUT2D eigenvalue weighted by Gasteiger charge is -2.35. The van der Waals surface area contributed by atoms with Gasteiger partial charge in [-0.05, 0) is 24.6 Å². The van der Waals surface area contributed by atoms with Crippen molar-refractivity contribution in [3.05, 3.63) is 0 Å². The molecule has 0 aromatic rings. The summed E-state index contributed by atoms with van der Waals surface area (Å²) in [6.07, 6.45) is 0.791. The first kappa shape index (κ1) is 17.1. The fraction of sp³-hybridized carbons (Fsp3) is 0.833. The van der Waals surface area contributed by atoms with E-state index in [4.69, 9.17) is 14.4 Å². The van der Waals surface area contributed by atoms with Crippen molar-refractivity contribution >= 4 is 20.0 Å². The van der Waals surface area contributed by atoms with Gasteiger partial charge in [0.05, 0.1) is 6.61 Å². The van der Waals surface area contributed by atoms with Gasteiger partial charge in [0.1, 0.15) is 6.61 Å². The Bertz CT molecular complexity index is 308. The molecule has 0 aliphatic carbocycles. The molecule has 6 heteroatoms. The molecule has 106 valence electrons. The zero-order valence-corrected chi connectivity index (χ0v) is 13.2. The van der Waals surface area contributed by atoms with E-state index in [1.165, 1.54) is 0 Å². The summed E-state index contributed by atoms with van der Waals surface area (Å²) in [5.74, 6) is -1.09. The second kappa shape index (κ2) is 6.89. The minimum atomic E-state index is -1.96. The largest absolute Gasteiger partial charge is 0.477 e. The highest BCUT2D eigenvalue weighted by molar-refractivity contribution is 6.74. The maximum absolute atomic E-state index is 11.0. The first-order chi connectivity index (χ1) is 8.12. The Morgan fingerprint density at radius 3 is 2.28 bits per heavy atom. The van der Waals surface area contributed by atoms with Crippen LogP contribution in [0.15, 0.2) is 5.16 Å². The predicted molar refractivity (Wildman–Crippen MR) is 74.5 cm³/mol. The van der Waals surface area contributed by atoms with Gasteiger partial charge in [-0.15, -0.1) is 0 Å². The van der Waals surface area contributed by atoms with Crippen molar-refractivity contribution in [1.29, 1.82) is 0 Å². The summed E-state index contributed by atoms with van der Waals surface area (Å²) in [5.41, 5.74) is -0.0757. The third-order valence-electron chi connectivity index (χ3n) is 3.09. The maximum atomic E-state index is 11.0. The number of hydrogen-bond donors (Lipinski definition) is 1. The summed E-state index contributed by atoms with van der Waals surface area (Å²) in [5, 5.41) is 12.7. The van der Waals surface area contributed by atoms with Crippen LogP contribution in [-0.4, -0.2) is 38.3 Å². The third-order valence-corrected chi connectivity index (χ3v) is 7.57. The van der Waals surface area contributed by atoms with E-state index in [1.807, 2.05) is 6.92 Å². The Hall–Kier alpha value is -0.883. The summed E-state index contributed by atoms with van der Waals surface area (Å²) in [4.78, 5) is 15.9. The van der Waals surface area contributed by atoms with Gasteiger partial charge in [0.25, 0.3) is 0 Å². The molecule has 0 aliphatic rings. The molecule has 0 saturated heterocycles. The van der Waals surface area contributed by atoms with E-state index >= 15 is 0 Å². The molecule has 0 aromatic carbocycles. The molecule has 0 bridgehead atoms. The third kappa shape index (κ3) is 5.64. The molecule has 0 saturated carbocycles. The van der Waals surface area contributed by atoms with Crippen molar-refractivity contribution < 1.29 is 19.2 Å². The molecular formula is C12H25NO4Si. The minimum Gasteiger partial charge on any atom is -0.477 e. The first-order valence-corrected chi connectivity index (χ1v) is 9.08. The van der Waals surface area contributed by atoms with Crippen molar-refractivity contribution in [3.8, 4) is 0 Å². The molecule has 1 N–H and O–H groups in total. The van der Waals surface area contributed by atoms with Gasteiger partial charge in [-0.1, -0.05) is 32.9 Å². The highest BCUT2D eigenvalue weighted by Crippen LogP contribution is 2.36. The topological polar surface area (TPSA) is 68.1 Å². The number of carbonyl (C=O) groups is 1. The van der Waals surface area contributed by atoms with Crippen LogP contribution in [0, 0.1) is 0 Å². The molecular weight excluding hydrogens is 250 g/mol. The van der Waals surface area contributed by atoms with Gasteiger partial charge in [0.15, 0.2) is 14.0 Å². The van der Waals surface area contributed by atoms with Crippen LogP contribution in [0.1, 0.15) is 34.1 Å². The van der Waals surface area contributed by atoms with Crippen LogP contribution in [0.4, 0.5) is 0 Å². The Morgan fingerprint density at radius 2 is 1.89 bits per heavy atom. The smallest absolute Gasteiger partial charge is 0.356 e. The number of hydrogen-bond acceptors (Lipinski definition) is 4. The van der Waals surface area contributed by atoms with E-state index < -0.39 is 14.3 Å². The Kier molecular flexibility index (Phi) is 6.55. The summed E-state index contributed by atoms with van der Waals surface area (Å²) >= 11 is 0. The van der Waals surface area contributed by atoms with Gasteiger partial charge in [-0.2, -0.15) is 0 Å². The zero-order valence-electron chi connectivity index (χ0n) is 12.2. The van der Waals surface area contributed by atoms with E-state index in [-0.39, 0.29) is 17.4 Å². The molecule has 0 aromatic heterocycles. The Balaban J connectivity index is 4.54. The standard InChI is InChI=1S/C12H25NO4Si/c1-7-8-16-13-10(11(14)15)9-17-18(5,6)12(2,3)4/h7-9H2,1-6H3,(H,14,15). The van der Waals surface area contributed by atoms with Crippen LogP contribution in [0.25, 0.3) is 0 Å². The van der Waals surface area contributed by atoms with Crippen LogP contribution in [0.3, 0.4) is 0 Å². The number of carboxylic acid groups (broad SMARTS) is 1. The average Bonchev–Trinajstić information content (AvgIpc) is 2.20. The van der Waals surface area contributed by atoms with Crippen molar-refractivity contribution in [2.75, 3.05) is 13.2 Å². The lowest BCUT2D eigenvalue weighted by Crippen LogP contribution is -2.42. The fourth-order valence-corrected chi connectivity index (χ4v) is 1.74. The van der Waals surface area contributed by atoms with Gasteiger partial charge >= 0.3 is 5.97 Å². The van der Waals surface area contributed by atoms with Crippen molar-refractivity contribution in [2.24, 2.45) is 5.16 Å². The van der Waals surface area contributed by atoms with Crippen molar-refractivity contribution in [3.63, 3.8) is 0 Å². The fourth-order valence-electron chi connectivity index (χ4n) is 0.807. The number of rotatable bonds is 7. The number of aliphatic carboxylic acids is 1. The second-order valence-corrected chi connectivity index (χ2v) is 10.5. The molecule has 0 rings (SSSR count). The zero-order chi connectivity index (χ0) is 14.4. The summed E-state index contributed by atoms with van der Waals surface area (Å²) < 4.78 is 5.80. The minimum absolute atomic E-state index is 0.00442. The highest BCUT2D eigenvalue weighted by Gasteiger charge is 2.37. The molecule has 0 atom stereocenters. The van der Waals surface area contributed by atoms with Crippen LogP contribution in [0.5, 0.6) is 0 Å². The number of nitrogens with zero attached hydrogens (tertiary/aromatic N) is 1. The Labute approximate surface area is 110 Å². The Morgan fingerprint density at radius 1 is 1.33 bits per heavy atom. The van der Waals surface area contributed by atoms with Gasteiger partial charge in [0.2, 0.25) is 0 Å². The van der Waals surface area contributed by atoms with Gasteiger partial charge in [-0.3, -0.25) is 0 Å². The van der Waals surface area contributed by atoms with Crippen LogP contribution in [0.2, 0.25) is 18.1 Å². The number of carboxylic acids is 1. The molecule has 18 heavy (non-hydrogen) atoms. The first-order valence-electron chi connectivity index (χ1n) is 6.18. The molecule has 0 fully saturated rings. The van der Waals surface area contributed by atoms with E-state index in [0.717, 1.165) is 6.42 Å². The maximum Gasteiger partial charge on any atom is 0.356 e. The van der Waals surface area contributed by atoms with Crippen LogP contribution < -0.4 is 0 Å². The van der Waals surface area contributed by atoms with Crippen LogP contribution >= 0.6 is 0 Å². The molecule has 0 heterocycles. The molecule has 5 nitrogen and oxygen atoms in total. The lowest BCUT2D eigenvalue weighted by atomic mass is 10.2. The predicted octanol–water partition coefficient (Wildman–Crippen LogP) is 2.88. The van der Waals surface area contributed by atoms with E-state index in [9.17, 15) is 4.79 Å². The quantitative estimate of drug-likeness (QED) is 0.336. The lowest BCUT2D eigenvalue weighted by molar-refractivity contribution is -0.129. The molecule has 0 amide bonds. The SMILES string of the molecule is CCCON=C(CO[Si](C)(C)C(C)(C)C)C(=O)O. The second-order valence-electron chi connectivity index (χ2n) is 5.73. The van der Waals surface area contributed by atoms with E-state index in [1.54, 1.807) is 0 Å². The van der Waals surface area contributed by atoms with Crippen molar-refractivity contribution in [2.45, 2.75) is 52.2 Å². The van der Waals surface area contributed by atoms with E-state index in [2.05, 4.69) is 39.0 Å². The van der Waals surface area contributed by atoms with E-state index in [0.29, 0.717) is 6.61 Å². The van der Waals surface area contributed by atoms with Gasteiger partial charge in [0, 0.05) is 0 Å². The highest BCUT2D eigenvalue weighted by atomic mass is 28.4. The number of oxime groups is 1.